The molecule has 0 saturated heterocycles. The molecule has 0 radical (unpaired) electrons. The molecular weight excluding hydrogens is 504 g/mol. The Kier molecular flexibility index (Phi) is 9.89. The van der Waals surface area contributed by atoms with Crippen LogP contribution in [0.4, 0.5) is 10.5 Å². The van der Waals surface area contributed by atoms with Crippen molar-refractivity contribution >= 4 is 34.4 Å². The molecule has 0 aliphatic heterocycles. The number of fused-ring (bicyclic) bond motifs is 1. The Morgan fingerprint density at radius 3 is 2.30 bits per heavy atom. The summed E-state index contributed by atoms with van der Waals surface area (Å²) in [6.45, 7) is 10.6. The van der Waals surface area contributed by atoms with Gasteiger partial charge in [-0.25, -0.2) is 4.79 Å². The van der Waals surface area contributed by atoms with Crippen molar-refractivity contribution in [3.8, 4) is 6.07 Å². The molecule has 0 aliphatic carbocycles. The summed E-state index contributed by atoms with van der Waals surface area (Å²) in [7, 11) is 0. The van der Waals surface area contributed by atoms with E-state index in [-0.39, 0.29) is 12.5 Å². The topological polar surface area (TPSA) is 112 Å². The first-order valence-electron chi connectivity index (χ1n) is 13.4. The second-order valence-corrected chi connectivity index (χ2v) is 11.3. The number of aryl methyl sites for hydroxylation is 1. The molecule has 3 rings (SSSR count). The van der Waals surface area contributed by atoms with Crippen LogP contribution in [-0.2, 0) is 14.3 Å². The van der Waals surface area contributed by atoms with Crippen LogP contribution in [0.1, 0.15) is 58.2 Å². The van der Waals surface area contributed by atoms with Gasteiger partial charge < -0.3 is 20.3 Å². The van der Waals surface area contributed by atoms with Crippen molar-refractivity contribution in [2.24, 2.45) is 5.92 Å². The van der Waals surface area contributed by atoms with Gasteiger partial charge in [-0.15, -0.1) is 0 Å². The van der Waals surface area contributed by atoms with Gasteiger partial charge in [-0.1, -0.05) is 74.0 Å². The van der Waals surface area contributed by atoms with E-state index in [2.05, 4.69) is 10.6 Å². The summed E-state index contributed by atoms with van der Waals surface area (Å²) in [5, 5.41) is 17.3. The highest BCUT2D eigenvalue weighted by atomic mass is 16.6. The molecule has 40 heavy (non-hydrogen) atoms. The molecule has 0 aromatic heterocycles. The molecule has 8 nitrogen and oxygen atoms in total. The first-order valence-corrected chi connectivity index (χ1v) is 13.4. The summed E-state index contributed by atoms with van der Waals surface area (Å²) < 4.78 is 5.40. The first-order chi connectivity index (χ1) is 18.9. The molecule has 3 aromatic rings. The summed E-state index contributed by atoms with van der Waals surface area (Å²) in [5.74, 6) is -0.969. The highest BCUT2D eigenvalue weighted by Gasteiger charge is 2.36. The van der Waals surface area contributed by atoms with Crippen molar-refractivity contribution in [3.05, 3.63) is 77.9 Å². The Morgan fingerprint density at radius 1 is 0.975 bits per heavy atom. The van der Waals surface area contributed by atoms with Crippen molar-refractivity contribution in [2.45, 2.75) is 65.6 Å². The van der Waals surface area contributed by atoms with Crippen LogP contribution in [0.25, 0.3) is 10.8 Å². The standard InChI is InChI=1S/C32H38N4O4/c1-21(2)18-27(35-31(39)40-32(4,5)6)30(38)36(17-16-33)28(25-13-9-10-22(3)19-25)29(37)34-26-15-14-23-11-7-8-12-24(23)20-26/h7-15,19-21,27-28H,17-18H2,1-6H3,(H,34,37)(H,35,39). The molecule has 0 fully saturated rings. The zero-order valence-electron chi connectivity index (χ0n) is 24.0. The molecule has 2 atom stereocenters. The number of ether oxygens (including phenoxy) is 1. The maximum absolute atomic E-state index is 14.0. The van der Waals surface area contributed by atoms with E-state index >= 15 is 0 Å². The molecule has 8 heteroatoms. The number of hydrogen-bond donors (Lipinski definition) is 2. The number of rotatable bonds is 9. The Labute approximate surface area is 236 Å². The van der Waals surface area contributed by atoms with Crippen LogP contribution in [0.3, 0.4) is 0 Å². The monoisotopic (exact) mass is 542 g/mol. The highest BCUT2D eigenvalue weighted by molar-refractivity contribution is 6.00. The average Bonchev–Trinajstić information content (AvgIpc) is 2.86. The van der Waals surface area contributed by atoms with Gasteiger partial charge in [-0.3, -0.25) is 9.59 Å². The number of hydrogen-bond acceptors (Lipinski definition) is 5. The van der Waals surface area contributed by atoms with E-state index in [0.717, 1.165) is 16.3 Å². The van der Waals surface area contributed by atoms with Crippen molar-refractivity contribution in [1.82, 2.24) is 10.2 Å². The van der Waals surface area contributed by atoms with E-state index < -0.39 is 35.6 Å². The zero-order valence-corrected chi connectivity index (χ0v) is 24.0. The van der Waals surface area contributed by atoms with Crippen LogP contribution in [0, 0.1) is 24.2 Å². The summed E-state index contributed by atoms with van der Waals surface area (Å²) in [6.07, 6.45) is -0.441. The number of nitrogens with zero attached hydrogens (tertiary/aromatic N) is 2. The normalized spacial score (nSPS) is 12.8. The molecule has 210 valence electrons. The molecule has 0 bridgehead atoms. The molecule has 3 amide bonds. The molecule has 0 saturated carbocycles. The number of carbonyl (C=O) groups excluding carboxylic acids is 3. The molecule has 2 N–H and O–H groups in total. The lowest BCUT2D eigenvalue weighted by molar-refractivity contribution is -0.140. The summed E-state index contributed by atoms with van der Waals surface area (Å²) in [4.78, 5) is 41.8. The van der Waals surface area contributed by atoms with Gasteiger partial charge in [-0.2, -0.15) is 5.26 Å². The lowest BCUT2D eigenvalue weighted by Crippen LogP contribution is -2.53. The second-order valence-electron chi connectivity index (χ2n) is 11.3. The third-order valence-corrected chi connectivity index (χ3v) is 6.16. The minimum Gasteiger partial charge on any atom is -0.444 e. The highest BCUT2D eigenvalue weighted by Crippen LogP contribution is 2.27. The molecule has 0 spiro atoms. The van der Waals surface area contributed by atoms with Gasteiger partial charge in [0.1, 0.15) is 24.2 Å². The lowest BCUT2D eigenvalue weighted by atomic mass is 9.98. The number of alkyl carbamates (subject to hydrolysis) is 1. The van der Waals surface area contributed by atoms with Crippen LogP contribution in [0.2, 0.25) is 0 Å². The fourth-order valence-electron chi connectivity index (χ4n) is 4.51. The second kappa shape index (κ2) is 13.1. The third-order valence-electron chi connectivity index (χ3n) is 6.16. The van der Waals surface area contributed by atoms with Crippen LogP contribution >= 0.6 is 0 Å². The van der Waals surface area contributed by atoms with Gasteiger partial charge >= 0.3 is 6.09 Å². The summed E-state index contributed by atoms with van der Waals surface area (Å²) in [5.41, 5.74) is 1.26. The molecule has 2 unspecified atom stereocenters. The summed E-state index contributed by atoms with van der Waals surface area (Å²) in [6, 6.07) is 20.6. The van der Waals surface area contributed by atoms with Crippen molar-refractivity contribution in [3.63, 3.8) is 0 Å². The predicted octanol–water partition coefficient (Wildman–Crippen LogP) is 6.12. The fraction of sp³-hybridized carbons (Fsp3) is 0.375. The van der Waals surface area contributed by atoms with Gasteiger partial charge in [0.15, 0.2) is 0 Å². The Morgan fingerprint density at radius 2 is 1.68 bits per heavy atom. The molecular formula is C32H38N4O4. The third kappa shape index (κ3) is 8.31. The van der Waals surface area contributed by atoms with Crippen LogP contribution in [-0.4, -0.2) is 41.0 Å². The van der Waals surface area contributed by atoms with Crippen LogP contribution in [0.15, 0.2) is 66.7 Å². The van der Waals surface area contributed by atoms with Crippen LogP contribution in [0.5, 0.6) is 0 Å². The number of amides is 3. The van der Waals surface area contributed by atoms with Crippen molar-refractivity contribution in [2.75, 3.05) is 11.9 Å². The zero-order chi connectivity index (χ0) is 29.4. The largest absolute Gasteiger partial charge is 0.444 e. The Hall–Kier alpha value is -4.38. The van der Waals surface area contributed by atoms with E-state index in [0.29, 0.717) is 17.7 Å². The minimum atomic E-state index is -1.12. The fourth-order valence-corrected chi connectivity index (χ4v) is 4.51. The average molecular weight is 543 g/mol. The van der Waals surface area contributed by atoms with E-state index in [1.54, 1.807) is 39.0 Å². The number of nitriles is 1. The lowest BCUT2D eigenvalue weighted by Gasteiger charge is -2.33. The number of nitrogens with one attached hydrogen (secondary N) is 2. The number of benzene rings is 3. The minimum absolute atomic E-state index is 0.0386. The number of anilines is 1. The van der Waals surface area contributed by atoms with E-state index in [4.69, 9.17) is 4.74 Å². The van der Waals surface area contributed by atoms with Crippen molar-refractivity contribution in [1.29, 1.82) is 5.26 Å². The van der Waals surface area contributed by atoms with E-state index in [1.165, 1.54) is 4.90 Å². The van der Waals surface area contributed by atoms with Gasteiger partial charge in [0.2, 0.25) is 5.91 Å². The van der Waals surface area contributed by atoms with Crippen LogP contribution < -0.4 is 10.6 Å². The van der Waals surface area contributed by atoms with Gasteiger partial charge in [-0.05, 0) is 68.5 Å². The first kappa shape index (κ1) is 30.2. The number of carbonyl (C=O) groups is 3. The molecule has 0 heterocycles. The summed E-state index contributed by atoms with van der Waals surface area (Å²) >= 11 is 0. The van der Waals surface area contributed by atoms with Gasteiger partial charge in [0.05, 0.1) is 6.07 Å². The molecule has 0 aliphatic rings. The maximum atomic E-state index is 14.0. The van der Waals surface area contributed by atoms with E-state index in [9.17, 15) is 19.6 Å². The Balaban J connectivity index is 2.01. The van der Waals surface area contributed by atoms with Gasteiger partial charge in [0.25, 0.3) is 5.91 Å². The molecule has 3 aromatic carbocycles. The Bertz CT molecular complexity index is 1400. The predicted molar refractivity (Wildman–Crippen MR) is 156 cm³/mol. The quantitative estimate of drug-likeness (QED) is 0.317. The van der Waals surface area contributed by atoms with E-state index in [1.807, 2.05) is 75.4 Å². The van der Waals surface area contributed by atoms with Gasteiger partial charge in [0, 0.05) is 5.69 Å². The SMILES string of the molecule is Cc1cccc(C(C(=O)Nc2ccc3ccccc3c2)N(CC#N)C(=O)C(CC(C)C)NC(=O)OC(C)(C)C)c1. The van der Waals surface area contributed by atoms with Crippen molar-refractivity contribution < 1.29 is 19.1 Å². The smallest absolute Gasteiger partial charge is 0.408 e. The maximum Gasteiger partial charge on any atom is 0.408 e.